The summed E-state index contributed by atoms with van der Waals surface area (Å²) in [6, 6.07) is 4.17. The van der Waals surface area contributed by atoms with Gasteiger partial charge in [-0.25, -0.2) is 4.98 Å². The van der Waals surface area contributed by atoms with Crippen LogP contribution in [0.5, 0.6) is 0 Å². The molecular weight excluding hydrogens is 436 g/mol. The summed E-state index contributed by atoms with van der Waals surface area (Å²) >= 11 is 11.6. The molecule has 1 atom stereocenters. The van der Waals surface area contributed by atoms with E-state index in [2.05, 4.69) is 15.6 Å². The lowest BCUT2D eigenvalue weighted by Gasteiger charge is -2.29. The van der Waals surface area contributed by atoms with E-state index in [1.165, 1.54) is 31.4 Å². The maximum Gasteiger partial charge on any atom is 0.424 e. The highest BCUT2D eigenvalue weighted by atomic mass is 35.5. The third kappa shape index (κ3) is 5.40. The molecule has 0 saturated carbocycles. The Balaban J connectivity index is 1.91. The zero-order chi connectivity index (χ0) is 21.8. The van der Waals surface area contributed by atoms with Crippen LogP contribution in [0.25, 0.3) is 0 Å². The van der Waals surface area contributed by atoms with Crippen LogP contribution >= 0.6 is 23.2 Å². The van der Waals surface area contributed by atoms with E-state index in [0.717, 1.165) is 10.8 Å². The van der Waals surface area contributed by atoms with E-state index in [-0.39, 0.29) is 10.6 Å². The maximum atomic E-state index is 13.4. The summed E-state index contributed by atoms with van der Waals surface area (Å²) in [5.74, 6) is -1.99. The predicted molar refractivity (Wildman–Crippen MR) is 99.6 cm³/mol. The number of halogens is 5. The number of hydrogen-bond donors (Lipinski definition) is 3. The molecule has 0 spiro atoms. The van der Waals surface area contributed by atoms with Gasteiger partial charge in [0.2, 0.25) is 11.5 Å². The number of nitrogens with one attached hydrogen (secondary N) is 2. The molecule has 158 valence electrons. The standard InChI is InChI=1S/C17H17Cl2F3N4O3/c1-26-7-6-24-15(26)16(29,17(20,21)22)4-5-23-13(27)9-25-14(28)11-3-2-10(18)8-12(11)19/h2-3,6-8,29H,4-5,9H2,1H3,(H,23,27)(H,25,28). The van der Waals surface area contributed by atoms with E-state index in [9.17, 15) is 27.9 Å². The number of imidazole rings is 1. The molecule has 7 nitrogen and oxygen atoms in total. The van der Waals surface area contributed by atoms with Crippen molar-refractivity contribution in [3.8, 4) is 0 Å². The molecule has 12 heteroatoms. The maximum absolute atomic E-state index is 13.4. The van der Waals surface area contributed by atoms with E-state index in [1.54, 1.807) is 0 Å². The molecule has 3 N–H and O–H groups in total. The van der Waals surface area contributed by atoms with Gasteiger partial charge >= 0.3 is 6.18 Å². The zero-order valence-electron chi connectivity index (χ0n) is 15.1. The second kappa shape index (κ2) is 9.02. The first kappa shape index (κ1) is 23.0. The molecule has 1 aromatic carbocycles. The lowest BCUT2D eigenvalue weighted by atomic mass is 9.97. The highest BCUT2D eigenvalue weighted by Crippen LogP contribution is 2.40. The van der Waals surface area contributed by atoms with Crippen molar-refractivity contribution < 1.29 is 27.9 Å². The largest absolute Gasteiger partial charge is 0.424 e. The molecule has 1 heterocycles. The van der Waals surface area contributed by atoms with E-state index in [0.29, 0.717) is 5.02 Å². The van der Waals surface area contributed by atoms with Crippen molar-refractivity contribution in [3.05, 3.63) is 52.0 Å². The van der Waals surface area contributed by atoms with E-state index < -0.39 is 48.9 Å². The topological polar surface area (TPSA) is 96.2 Å². The summed E-state index contributed by atoms with van der Waals surface area (Å²) in [5, 5.41) is 15.1. The molecule has 1 unspecified atom stereocenters. The Hall–Kier alpha value is -2.30. The smallest absolute Gasteiger partial charge is 0.374 e. The summed E-state index contributed by atoms with van der Waals surface area (Å²) in [4.78, 5) is 27.4. The first-order chi connectivity index (χ1) is 13.5. The van der Waals surface area contributed by atoms with Gasteiger partial charge in [-0.3, -0.25) is 9.59 Å². The summed E-state index contributed by atoms with van der Waals surface area (Å²) in [5.41, 5.74) is -3.15. The summed E-state index contributed by atoms with van der Waals surface area (Å²) in [6.07, 6.45) is -3.47. The molecule has 1 aromatic heterocycles. The van der Waals surface area contributed by atoms with Crippen molar-refractivity contribution >= 4 is 35.0 Å². The minimum atomic E-state index is -5.00. The number of aliphatic hydroxyl groups is 1. The second-order valence-electron chi connectivity index (χ2n) is 6.13. The van der Waals surface area contributed by atoms with Gasteiger partial charge in [0.05, 0.1) is 17.1 Å². The molecule has 0 aliphatic carbocycles. The second-order valence-corrected chi connectivity index (χ2v) is 6.97. The first-order valence-corrected chi connectivity index (χ1v) is 8.98. The fourth-order valence-corrected chi connectivity index (χ4v) is 3.01. The zero-order valence-corrected chi connectivity index (χ0v) is 16.6. The van der Waals surface area contributed by atoms with E-state index in [1.807, 2.05) is 0 Å². The third-order valence-electron chi connectivity index (χ3n) is 4.05. The van der Waals surface area contributed by atoms with Crippen LogP contribution in [-0.4, -0.2) is 45.7 Å². The molecule has 29 heavy (non-hydrogen) atoms. The number of alkyl halides is 3. The van der Waals surface area contributed by atoms with Crippen molar-refractivity contribution in [3.63, 3.8) is 0 Å². The lowest BCUT2D eigenvalue weighted by Crippen LogP contribution is -2.47. The van der Waals surface area contributed by atoms with Crippen molar-refractivity contribution in [2.45, 2.75) is 18.2 Å². The Morgan fingerprint density at radius 3 is 2.48 bits per heavy atom. The van der Waals surface area contributed by atoms with Gasteiger partial charge in [0.15, 0.2) is 0 Å². The first-order valence-electron chi connectivity index (χ1n) is 8.22. The van der Waals surface area contributed by atoms with Crippen LogP contribution in [0, 0.1) is 0 Å². The number of nitrogens with zero attached hydrogens (tertiary/aromatic N) is 2. The van der Waals surface area contributed by atoms with E-state index >= 15 is 0 Å². The van der Waals surface area contributed by atoms with Crippen LogP contribution < -0.4 is 10.6 Å². The average molecular weight is 453 g/mol. The van der Waals surface area contributed by atoms with Crippen LogP contribution in [-0.2, 0) is 17.4 Å². The van der Waals surface area contributed by atoms with Crippen LogP contribution in [0.15, 0.2) is 30.6 Å². The molecule has 0 bridgehead atoms. The highest BCUT2D eigenvalue weighted by molar-refractivity contribution is 6.36. The summed E-state index contributed by atoms with van der Waals surface area (Å²) in [7, 11) is 1.31. The third-order valence-corrected chi connectivity index (χ3v) is 4.60. The Labute approximate surface area is 173 Å². The number of aromatic nitrogens is 2. The number of aryl methyl sites for hydroxylation is 1. The summed E-state index contributed by atoms with van der Waals surface area (Å²) in [6.45, 7) is -0.996. The van der Waals surface area contributed by atoms with Crippen LogP contribution in [0.1, 0.15) is 22.6 Å². The van der Waals surface area contributed by atoms with Gasteiger partial charge < -0.3 is 20.3 Å². The Kier molecular flexibility index (Phi) is 7.15. The number of carbonyl (C=O) groups is 2. The molecule has 2 rings (SSSR count). The van der Waals surface area contributed by atoms with Gasteiger partial charge in [0.1, 0.15) is 5.82 Å². The Morgan fingerprint density at radius 2 is 1.93 bits per heavy atom. The van der Waals surface area contributed by atoms with E-state index in [4.69, 9.17) is 23.2 Å². The van der Waals surface area contributed by atoms with Crippen molar-refractivity contribution in [2.24, 2.45) is 7.05 Å². The molecule has 0 radical (unpaired) electrons. The molecule has 0 aliphatic heterocycles. The van der Waals surface area contributed by atoms with Gasteiger partial charge in [-0.2, -0.15) is 13.2 Å². The molecular formula is C17H17Cl2F3N4O3. The minimum absolute atomic E-state index is 0.0840. The van der Waals surface area contributed by atoms with Crippen LogP contribution in [0.3, 0.4) is 0 Å². The monoisotopic (exact) mass is 452 g/mol. The van der Waals surface area contributed by atoms with Gasteiger partial charge in [-0.15, -0.1) is 0 Å². The molecule has 0 saturated heterocycles. The normalized spacial score (nSPS) is 13.6. The number of carbonyl (C=O) groups excluding carboxylic acids is 2. The number of benzene rings is 1. The lowest BCUT2D eigenvalue weighted by molar-refractivity contribution is -0.272. The van der Waals surface area contributed by atoms with Crippen molar-refractivity contribution in [1.29, 1.82) is 0 Å². The quantitative estimate of drug-likeness (QED) is 0.600. The fraction of sp³-hybridized carbons (Fsp3) is 0.353. The average Bonchev–Trinajstić information content (AvgIpc) is 3.05. The number of rotatable bonds is 7. The fourth-order valence-electron chi connectivity index (χ4n) is 2.52. The minimum Gasteiger partial charge on any atom is -0.374 e. The van der Waals surface area contributed by atoms with Gasteiger partial charge in [0.25, 0.3) is 5.91 Å². The van der Waals surface area contributed by atoms with Gasteiger partial charge in [0, 0.05) is 37.4 Å². The van der Waals surface area contributed by atoms with Gasteiger partial charge in [-0.05, 0) is 18.2 Å². The number of amides is 2. The Bertz CT molecular complexity index is 904. The Morgan fingerprint density at radius 1 is 1.24 bits per heavy atom. The molecule has 0 fully saturated rings. The molecule has 2 aromatic rings. The highest BCUT2D eigenvalue weighted by Gasteiger charge is 2.57. The van der Waals surface area contributed by atoms with Crippen LogP contribution in [0.4, 0.5) is 13.2 Å². The SMILES string of the molecule is Cn1ccnc1C(O)(CCNC(=O)CNC(=O)c1ccc(Cl)cc1Cl)C(F)(F)F. The van der Waals surface area contributed by atoms with Crippen molar-refractivity contribution in [1.82, 2.24) is 20.2 Å². The molecule has 0 aliphatic rings. The van der Waals surface area contributed by atoms with Gasteiger partial charge in [-0.1, -0.05) is 23.2 Å². The predicted octanol–water partition coefficient (Wildman–Crippen LogP) is 2.41. The molecule has 2 amide bonds. The number of hydrogen-bond acceptors (Lipinski definition) is 4. The summed E-state index contributed by atoms with van der Waals surface area (Å²) < 4.78 is 41.2. The van der Waals surface area contributed by atoms with Crippen LogP contribution in [0.2, 0.25) is 10.0 Å². The van der Waals surface area contributed by atoms with Crippen molar-refractivity contribution in [2.75, 3.05) is 13.1 Å².